The number of piperazine rings is 1. The summed E-state index contributed by atoms with van der Waals surface area (Å²) in [6.07, 6.45) is 0. The average molecular weight is 356 g/mol. The summed E-state index contributed by atoms with van der Waals surface area (Å²) in [4.78, 5) is 28.6. The van der Waals surface area contributed by atoms with Crippen molar-refractivity contribution in [2.45, 2.75) is 19.9 Å². The van der Waals surface area contributed by atoms with Crippen LogP contribution in [0, 0.1) is 5.82 Å². The van der Waals surface area contributed by atoms with Gasteiger partial charge in [-0.25, -0.2) is 4.39 Å². The highest BCUT2D eigenvalue weighted by Gasteiger charge is 2.36. The van der Waals surface area contributed by atoms with Crippen molar-refractivity contribution in [1.82, 2.24) is 4.90 Å². The van der Waals surface area contributed by atoms with Crippen LogP contribution in [0.5, 0.6) is 5.75 Å². The Morgan fingerprint density at radius 2 is 1.85 bits per heavy atom. The number of carbonyl (C=O) groups excluding carboxylic acids is 2. The number of ether oxygens (including phenoxy) is 1. The van der Waals surface area contributed by atoms with Crippen molar-refractivity contribution >= 4 is 17.5 Å². The SMILES string of the molecule is CCOc1ccccc1N1CCN(C(=O)c2ccccc2F)C(C)C1=O. The molecule has 2 amide bonds. The minimum absolute atomic E-state index is 0.0182. The van der Waals surface area contributed by atoms with Crippen molar-refractivity contribution in [3.8, 4) is 5.75 Å². The Bertz CT molecular complexity index is 824. The van der Waals surface area contributed by atoms with E-state index in [4.69, 9.17) is 4.74 Å². The van der Waals surface area contributed by atoms with Crippen LogP contribution >= 0.6 is 0 Å². The summed E-state index contributed by atoms with van der Waals surface area (Å²) < 4.78 is 19.5. The fraction of sp³-hybridized carbons (Fsp3) is 0.300. The summed E-state index contributed by atoms with van der Waals surface area (Å²) in [6.45, 7) is 4.68. The Morgan fingerprint density at radius 3 is 2.58 bits per heavy atom. The van der Waals surface area contributed by atoms with E-state index >= 15 is 0 Å². The molecule has 26 heavy (non-hydrogen) atoms. The van der Waals surface area contributed by atoms with Crippen LogP contribution in [0.25, 0.3) is 0 Å². The van der Waals surface area contributed by atoms with E-state index in [0.29, 0.717) is 31.1 Å². The van der Waals surface area contributed by atoms with Gasteiger partial charge in [0.05, 0.1) is 17.9 Å². The summed E-state index contributed by atoms with van der Waals surface area (Å²) in [5, 5.41) is 0. The van der Waals surface area contributed by atoms with Gasteiger partial charge in [0, 0.05) is 13.1 Å². The molecule has 1 heterocycles. The van der Waals surface area contributed by atoms with Gasteiger partial charge >= 0.3 is 0 Å². The van der Waals surface area contributed by atoms with Gasteiger partial charge in [-0.1, -0.05) is 24.3 Å². The highest BCUT2D eigenvalue weighted by Crippen LogP contribution is 2.31. The Balaban J connectivity index is 1.84. The molecule has 1 atom stereocenters. The number of nitrogens with zero attached hydrogens (tertiary/aromatic N) is 2. The maximum Gasteiger partial charge on any atom is 0.257 e. The number of amides is 2. The van der Waals surface area contributed by atoms with Crippen molar-refractivity contribution in [3.63, 3.8) is 0 Å². The number of halogens is 1. The Morgan fingerprint density at radius 1 is 1.15 bits per heavy atom. The van der Waals surface area contributed by atoms with Crippen LogP contribution in [0.2, 0.25) is 0 Å². The molecular formula is C20H21FN2O3. The number of carbonyl (C=O) groups is 2. The number of rotatable bonds is 4. The second kappa shape index (κ2) is 7.56. The molecule has 1 saturated heterocycles. The number of hydrogen-bond acceptors (Lipinski definition) is 3. The average Bonchev–Trinajstić information content (AvgIpc) is 2.65. The lowest BCUT2D eigenvalue weighted by atomic mass is 10.1. The van der Waals surface area contributed by atoms with Gasteiger partial charge in [0.2, 0.25) is 5.91 Å². The Hall–Kier alpha value is -2.89. The largest absolute Gasteiger partial charge is 0.492 e. The van der Waals surface area contributed by atoms with Crippen LogP contribution in [-0.4, -0.2) is 42.5 Å². The van der Waals surface area contributed by atoms with Crippen molar-refractivity contribution < 1.29 is 18.7 Å². The lowest BCUT2D eigenvalue weighted by molar-refractivity contribution is -0.124. The molecule has 2 aromatic carbocycles. The fourth-order valence-corrected chi connectivity index (χ4v) is 3.13. The van der Waals surface area contributed by atoms with Crippen LogP contribution in [0.4, 0.5) is 10.1 Å². The van der Waals surface area contributed by atoms with Crippen molar-refractivity contribution in [2.24, 2.45) is 0 Å². The molecule has 0 aromatic heterocycles. The highest BCUT2D eigenvalue weighted by atomic mass is 19.1. The second-order valence-corrected chi connectivity index (χ2v) is 6.04. The fourth-order valence-electron chi connectivity index (χ4n) is 3.13. The molecule has 0 spiro atoms. The van der Waals surface area contributed by atoms with Gasteiger partial charge in [-0.3, -0.25) is 9.59 Å². The lowest BCUT2D eigenvalue weighted by Crippen LogP contribution is -2.58. The van der Waals surface area contributed by atoms with Gasteiger partial charge in [0.1, 0.15) is 17.6 Å². The van der Waals surface area contributed by atoms with E-state index in [-0.39, 0.29) is 11.5 Å². The Kier molecular flexibility index (Phi) is 5.21. The molecule has 5 nitrogen and oxygen atoms in total. The van der Waals surface area contributed by atoms with Gasteiger partial charge in [0.15, 0.2) is 0 Å². The standard InChI is InChI=1S/C20H21FN2O3/c1-3-26-18-11-7-6-10-17(18)23-13-12-22(14(2)19(23)24)20(25)15-8-4-5-9-16(15)21/h4-11,14H,3,12-13H2,1-2H3. The molecule has 6 heteroatoms. The number of benzene rings is 2. The third-order valence-corrected chi connectivity index (χ3v) is 4.48. The number of anilines is 1. The van der Waals surface area contributed by atoms with Crippen LogP contribution in [0.1, 0.15) is 24.2 Å². The topological polar surface area (TPSA) is 49.9 Å². The molecule has 0 bridgehead atoms. The monoisotopic (exact) mass is 356 g/mol. The molecule has 136 valence electrons. The number of para-hydroxylation sites is 2. The van der Waals surface area contributed by atoms with Gasteiger partial charge in [-0.15, -0.1) is 0 Å². The zero-order valence-corrected chi connectivity index (χ0v) is 14.8. The first-order chi connectivity index (χ1) is 12.5. The molecule has 1 unspecified atom stereocenters. The van der Waals surface area contributed by atoms with E-state index < -0.39 is 17.8 Å². The van der Waals surface area contributed by atoms with E-state index in [1.807, 2.05) is 31.2 Å². The van der Waals surface area contributed by atoms with E-state index in [1.54, 1.807) is 17.9 Å². The second-order valence-electron chi connectivity index (χ2n) is 6.04. The maximum atomic E-state index is 13.9. The van der Waals surface area contributed by atoms with Crippen molar-refractivity contribution in [3.05, 3.63) is 59.9 Å². The molecule has 0 saturated carbocycles. The van der Waals surface area contributed by atoms with Crippen molar-refractivity contribution in [2.75, 3.05) is 24.6 Å². The summed E-state index contributed by atoms with van der Waals surface area (Å²) >= 11 is 0. The zero-order valence-electron chi connectivity index (χ0n) is 14.8. The predicted molar refractivity (Wildman–Crippen MR) is 96.9 cm³/mol. The first-order valence-corrected chi connectivity index (χ1v) is 8.63. The summed E-state index contributed by atoms with van der Waals surface area (Å²) in [6, 6.07) is 12.5. The molecule has 2 aromatic rings. The third kappa shape index (κ3) is 3.27. The van der Waals surface area contributed by atoms with E-state index in [0.717, 1.165) is 0 Å². The van der Waals surface area contributed by atoms with Gasteiger partial charge < -0.3 is 14.5 Å². The molecule has 1 aliphatic rings. The minimum atomic E-state index is -0.689. The van der Waals surface area contributed by atoms with Crippen LogP contribution in [-0.2, 0) is 4.79 Å². The van der Waals surface area contributed by atoms with Crippen LogP contribution in [0.15, 0.2) is 48.5 Å². The molecule has 0 aliphatic carbocycles. The van der Waals surface area contributed by atoms with Crippen molar-refractivity contribution in [1.29, 1.82) is 0 Å². The molecule has 0 N–H and O–H groups in total. The van der Waals surface area contributed by atoms with Crippen LogP contribution in [0.3, 0.4) is 0 Å². The van der Waals surface area contributed by atoms with Gasteiger partial charge in [-0.2, -0.15) is 0 Å². The first kappa shape index (κ1) is 17.9. The highest BCUT2D eigenvalue weighted by molar-refractivity contribution is 6.04. The molecule has 1 aliphatic heterocycles. The quantitative estimate of drug-likeness (QED) is 0.846. The predicted octanol–water partition coefficient (Wildman–Crippen LogP) is 3.10. The summed E-state index contributed by atoms with van der Waals surface area (Å²) in [7, 11) is 0. The van der Waals surface area contributed by atoms with Gasteiger partial charge in [-0.05, 0) is 38.1 Å². The lowest BCUT2D eigenvalue weighted by Gasteiger charge is -2.39. The van der Waals surface area contributed by atoms with Gasteiger partial charge in [0.25, 0.3) is 5.91 Å². The molecule has 3 rings (SSSR count). The molecule has 0 radical (unpaired) electrons. The molecular weight excluding hydrogens is 335 g/mol. The third-order valence-electron chi connectivity index (χ3n) is 4.48. The summed E-state index contributed by atoms with van der Waals surface area (Å²) in [5.74, 6) is -0.638. The molecule has 1 fully saturated rings. The minimum Gasteiger partial charge on any atom is -0.492 e. The summed E-state index contributed by atoms with van der Waals surface area (Å²) in [5.41, 5.74) is 0.666. The van der Waals surface area contributed by atoms with E-state index in [2.05, 4.69) is 0 Å². The normalized spacial score (nSPS) is 17.3. The van der Waals surface area contributed by atoms with E-state index in [9.17, 15) is 14.0 Å². The smallest absolute Gasteiger partial charge is 0.257 e. The zero-order chi connectivity index (χ0) is 18.7. The number of hydrogen-bond donors (Lipinski definition) is 0. The van der Waals surface area contributed by atoms with Crippen LogP contribution < -0.4 is 9.64 Å². The maximum absolute atomic E-state index is 13.9. The Labute approximate surface area is 152 Å². The first-order valence-electron chi connectivity index (χ1n) is 8.63. The van der Waals surface area contributed by atoms with E-state index in [1.165, 1.54) is 23.1 Å².